The van der Waals surface area contributed by atoms with Gasteiger partial charge in [-0.15, -0.1) is 0 Å². The lowest BCUT2D eigenvalue weighted by atomic mass is 10.5. The Morgan fingerprint density at radius 2 is 2.00 bits per heavy atom. The number of carbonyl (C=O) groups is 1. The van der Waals surface area contributed by atoms with E-state index in [1.54, 1.807) is 13.8 Å². The largest absolute Gasteiger partial charge is 0.475 e. The molecule has 1 N–H and O–H groups in total. The van der Waals surface area contributed by atoms with Crippen molar-refractivity contribution >= 4 is 5.97 Å². The van der Waals surface area contributed by atoms with Gasteiger partial charge in [-0.1, -0.05) is 0 Å². The topological polar surface area (TPSA) is 55.8 Å². The summed E-state index contributed by atoms with van der Waals surface area (Å²) < 4.78 is 33.0. The second kappa shape index (κ2) is 5.08. The van der Waals surface area contributed by atoms with Crippen molar-refractivity contribution in [3.8, 4) is 0 Å². The lowest BCUT2D eigenvalue weighted by Crippen LogP contribution is -2.33. The van der Waals surface area contributed by atoms with E-state index in [1.165, 1.54) is 0 Å². The number of rotatable bonds is 6. The van der Waals surface area contributed by atoms with Crippen LogP contribution in [-0.4, -0.2) is 36.5 Å². The molecule has 78 valence electrons. The minimum absolute atomic E-state index is 0.0550. The van der Waals surface area contributed by atoms with Crippen LogP contribution in [0.5, 0.6) is 0 Å². The van der Waals surface area contributed by atoms with Crippen LogP contribution in [0.4, 0.5) is 8.78 Å². The third-order valence-electron chi connectivity index (χ3n) is 1.07. The molecule has 0 amide bonds. The van der Waals surface area contributed by atoms with E-state index < -0.39 is 18.7 Å². The van der Waals surface area contributed by atoms with Gasteiger partial charge in [-0.3, -0.25) is 0 Å². The fourth-order valence-corrected chi connectivity index (χ4v) is 0.515. The second-order valence-electron chi connectivity index (χ2n) is 2.59. The minimum Gasteiger partial charge on any atom is -0.475 e. The van der Waals surface area contributed by atoms with Crippen LogP contribution in [0.15, 0.2) is 0 Å². The molecule has 0 radical (unpaired) electrons. The van der Waals surface area contributed by atoms with Crippen LogP contribution < -0.4 is 0 Å². The van der Waals surface area contributed by atoms with Crippen molar-refractivity contribution in [1.29, 1.82) is 0 Å². The molecule has 0 heterocycles. The number of carboxylic acid groups (broad SMARTS) is 1. The molecule has 0 spiro atoms. The first kappa shape index (κ1) is 12.2. The number of ether oxygens (including phenoxy) is 2. The Labute approximate surface area is 74.4 Å². The van der Waals surface area contributed by atoms with E-state index in [1.807, 2.05) is 0 Å². The summed E-state index contributed by atoms with van der Waals surface area (Å²) in [5.41, 5.74) is 0. The lowest BCUT2D eigenvalue weighted by Gasteiger charge is -2.12. The number of halogens is 2. The number of aliphatic carboxylic acids is 1. The van der Waals surface area contributed by atoms with Crippen LogP contribution in [0.1, 0.15) is 13.8 Å². The zero-order valence-corrected chi connectivity index (χ0v) is 7.42. The summed E-state index contributed by atoms with van der Waals surface area (Å²) in [5.74, 6) is -2.29. The molecule has 0 aliphatic rings. The average molecular weight is 198 g/mol. The van der Waals surface area contributed by atoms with Crippen LogP contribution in [-0.2, 0) is 14.3 Å². The molecule has 0 saturated heterocycles. The summed E-state index contributed by atoms with van der Waals surface area (Å²) in [6, 6.07) is 0. The van der Waals surface area contributed by atoms with Gasteiger partial charge < -0.3 is 14.6 Å². The molecule has 0 aromatic carbocycles. The van der Waals surface area contributed by atoms with Crippen LogP contribution >= 0.6 is 0 Å². The van der Waals surface area contributed by atoms with Crippen molar-refractivity contribution in [2.24, 2.45) is 0 Å². The standard InChI is InChI=1S/C7H12F2O4/c1-5(2)12-3-4-13-7(8,9)6(10)11/h5H,3-4H2,1-2H3,(H,10,11). The zero-order valence-electron chi connectivity index (χ0n) is 7.42. The predicted molar refractivity (Wildman–Crippen MR) is 39.6 cm³/mol. The molecular weight excluding hydrogens is 186 g/mol. The number of hydrogen-bond acceptors (Lipinski definition) is 3. The highest BCUT2D eigenvalue weighted by Crippen LogP contribution is 2.14. The fraction of sp³-hybridized carbons (Fsp3) is 0.857. The predicted octanol–water partition coefficient (Wildman–Crippen LogP) is 1.11. The van der Waals surface area contributed by atoms with Crippen LogP contribution in [0, 0.1) is 0 Å². The van der Waals surface area contributed by atoms with Crippen molar-refractivity contribution < 1.29 is 28.2 Å². The Morgan fingerprint density at radius 3 is 2.38 bits per heavy atom. The number of alkyl halides is 2. The van der Waals surface area contributed by atoms with Gasteiger partial charge in [0.05, 0.1) is 19.3 Å². The van der Waals surface area contributed by atoms with E-state index in [0.29, 0.717) is 0 Å². The van der Waals surface area contributed by atoms with Crippen molar-refractivity contribution in [2.45, 2.75) is 26.1 Å². The Kier molecular flexibility index (Phi) is 4.79. The highest BCUT2D eigenvalue weighted by molar-refractivity contribution is 5.73. The molecule has 0 aliphatic heterocycles. The van der Waals surface area contributed by atoms with Gasteiger partial charge in [0.2, 0.25) is 0 Å². The minimum atomic E-state index is -4.12. The van der Waals surface area contributed by atoms with Crippen LogP contribution in [0.25, 0.3) is 0 Å². The number of carboxylic acids is 1. The Hall–Kier alpha value is -0.750. The van der Waals surface area contributed by atoms with E-state index in [2.05, 4.69) is 4.74 Å². The third kappa shape index (κ3) is 5.48. The molecule has 0 aromatic rings. The normalized spacial score (nSPS) is 12.1. The average Bonchev–Trinajstić information content (AvgIpc) is 1.97. The maximum Gasteiger partial charge on any atom is 0.456 e. The van der Waals surface area contributed by atoms with Crippen molar-refractivity contribution in [1.82, 2.24) is 0 Å². The fourth-order valence-electron chi connectivity index (χ4n) is 0.515. The van der Waals surface area contributed by atoms with Gasteiger partial charge in [-0.2, -0.15) is 8.78 Å². The molecule has 0 fully saturated rings. The SMILES string of the molecule is CC(C)OCCOC(F)(F)C(=O)O. The maximum absolute atomic E-state index is 12.2. The molecule has 0 aliphatic carbocycles. The van der Waals surface area contributed by atoms with Crippen molar-refractivity contribution in [2.75, 3.05) is 13.2 Å². The Balaban J connectivity index is 3.58. The van der Waals surface area contributed by atoms with Crippen molar-refractivity contribution in [3.63, 3.8) is 0 Å². The van der Waals surface area contributed by atoms with Gasteiger partial charge >= 0.3 is 12.1 Å². The van der Waals surface area contributed by atoms with Gasteiger partial charge in [0.1, 0.15) is 0 Å². The molecule has 0 unspecified atom stereocenters. The summed E-state index contributed by atoms with van der Waals surface area (Å²) in [5, 5.41) is 7.93. The number of hydrogen-bond donors (Lipinski definition) is 1. The lowest BCUT2D eigenvalue weighted by molar-refractivity contribution is -0.249. The van der Waals surface area contributed by atoms with Crippen molar-refractivity contribution in [3.05, 3.63) is 0 Å². The molecular formula is C7H12F2O4. The van der Waals surface area contributed by atoms with E-state index in [9.17, 15) is 13.6 Å². The highest BCUT2D eigenvalue weighted by Gasteiger charge is 2.40. The van der Waals surface area contributed by atoms with E-state index in [0.717, 1.165) is 0 Å². The molecule has 4 nitrogen and oxygen atoms in total. The maximum atomic E-state index is 12.2. The molecule has 6 heteroatoms. The first-order valence-corrected chi connectivity index (χ1v) is 3.73. The smallest absolute Gasteiger partial charge is 0.456 e. The van der Waals surface area contributed by atoms with Gasteiger partial charge in [-0.05, 0) is 13.8 Å². The third-order valence-corrected chi connectivity index (χ3v) is 1.07. The monoisotopic (exact) mass is 198 g/mol. The van der Waals surface area contributed by atoms with Gasteiger partial charge in [0.25, 0.3) is 0 Å². The summed E-state index contributed by atoms with van der Waals surface area (Å²) in [6.45, 7) is 2.96. The molecule has 0 rings (SSSR count). The Morgan fingerprint density at radius 1 is 1.46 bits per heavy atom. The molecule has 0 atom stereocenters. The summed E-state index contributed by atoms with van der Waals surface area (Å²) in [4.78, 5) is 9.83. The molecule has 0 aromatic heterocycles. The second-order valence-corrected chi connectivity index (χ2v) is 2.59. The molecule has 0 bridgehead atoms. The first-order valence-electron chi connectivity index (χ1n) is 3.73. The first-order chi connectivity index (χ1) is 5.86. The van der Waals surface area contributed by atoms with E-state index >= 15 is 0 Å². The Bertz CT molecular complexity index is 170. The van der Waals surface area contributed by atoms with Gasteiger partial charge in [-0.25, -0.2) is 4.79 Å². The van der Waals surface area contributed by atoms with Crippen LogP contribution in [0.2, 0.25) is 0 Å². The molecule has 13 heavy (non-hydrogen) atoms. The summed E-state index contributed by atoms with van der Waals surface area (Å²) >= 11 is 0. The summed E-state index contributed by atoms with van der Waals surface area (Å²) in [6.07, 6.45) is -4.22. The van der Waals surface area contributed by atoms with E-state index in [4.69, 9.17) is 9.84 Å². The highest BCUT2D eigenvalue weighted by atomic mass is 19.3. The van der Waals surface area contributed by atoms with Gasteiger partial charge in [0.15, 0.2) is 0 Å². The molecule has 0 saturated carbocycles. The quantitative estimate of drug-likeness (QED) is 0.649. The van der Waals surface area contributed by atoms with Crippen LogP contribution in [0.3, 0.4) is 0 Å². The van der Waals surface area contributed by atoms with E-state index in [-0.39, 0.29) is 12.7 Å². The zero-order chi connectivity index (χ0) is 10.5. The van der Waals surface area contributed by atoms with Gasteiger partial charge in [0, 0.05) is 0 Å². The summed E-state index contributed by atoms with van der Waals surface area (Å²) in [7, 11) is 0.